The summed E-state index contributed by atoms with van der Waals surface area (Å²) in [4.78, 5) is 33.6. The molecule has 1 fully saturated rings. The van der Waals surface area contributed by atoms with E-state index in [1.165, 1.54) is 6.26 Å². The molecule has 23 heavy (non-hydrogen) atoms. The number of amides is 1. The molecule has 0 saturated carbocycles. The Morgan fingerprint density at radius 2 is 2.30 bits per heavy atom. The topological polar surface area (TPSA) is 84.1 Å². The molecule has 4 rings (SSSR count). The van der Waals surface area contributed by atoms with Crippen LogP contribution in [0.15, 0.2) is 39.9 Å². The summed E-state index contributed by atoms with van der Waals surface area (Å²) in [6.07, 6.45) is 3.91. The second kappa shape index (κ2) is 5.12. The number of aromatic nitrogens is 3. The number of carbonyl (C=O) groups excluding carboxylic acids is 1. The number of nitrogens with one attached hydrogen (secondary N) is 1. The summed E-state index contributed by atoms with van der Waals surface area (Å²) in [7, 11) is 0. The van der Waals surface area contributed by atoms with Gasteiger partial charge < -0.3 is 14.3 Å². The predicted octanol–water partition coefficient (Wildman–Crippen LogP) is 1.71. The van der Waals surface area contributed by atoms with Crippen molar-refractivity contribution in [2.75, 3.05) is 13.1 Å². The molecule has 1 aliphatic heterocycles. The van der Waals surface area contributed by atoms with Crippen LogP contribution in [0.1, 0.15) is 28.6 Å². The molecule has 7 heteroatoms. The van der Waals surface area contributed by atoms with Crippen LogP contribution in [-0.2, 0) is 0 Å². The van der Waals surface area contributed by atoms with E-state index in [9.17, 15) is 9.59 Å². The van der Waals surface area contributed by atoms with E-state index >= 15 is 0 Å². The van der Waals surface area contributed by atoms with Gasteiger partial charge in [-0.15, -0.1) is 0 Å². The molecule has 1 aliphatic rings. The largest absolute Gasteiger partial charge is 0.469 e. The zero-order valence-electron chi connectivity index (χ0n) is 12.7. The van der Waals surface area contributed by atoms with Crippen LogP contribution in [-0.4, -0.2) is 38.4 Å². The minimum absolute atomic E-state index is 0.0559. The molecule has 118 valence electrons. The van der Waals surface area contributed by atoms with Crippen LogP contribution in [0.4, 0.5) is 0 Å². The fraction of sp³-hybridized carbons (Fsp3) is 0.312. The Labute approximate surface area is 131 Å². The number of H-pyrrole nitrogens is 1. The second-order valence-electron chi connectivity index (χ2n) is 5.76. The zero-order chi connectivity index (χ0) is 16.0. The third kappa shape index (κ3) is 2.16. The first-order valence-corrected chi connectivity index (χ1v) is 7.54. The van der Waals surface area contributed by atoms with Crippen molar-refractivity contribution < 1.29 is 9.21 Å². The number of hydrogen-bond acceptors (Lipinski definition) is 4. The van der Waals surface area contributed by atoms with Gasteiger partial charge in [0.25, 0.3) is 5.91 Å². The number of nitrogens with zero attached hydrogens (tertiary/aromatic N) is 3. The average molecular weight is 312 g/mol. The molecule has 0 radical (unpaired) electrons. The number of rotatable bonds is 2. The highest BCUT2D eigenvalue weighted by Crippen LogP contribution is 2.25. The van der Waals surface area contributed by atoms with Gasteiger partial charge in [0.2, 0.25) is 0 Å². The van der Waals surface area contributed by atoms with E-state index in [4.69, 9.17) is 4.42 Å². The number of hydrogen-bond donors (Lipinski definition) is 1. The summed E-state index contributed by atoms with van der Waals surface area (Å²) < 4.78 is 6.86. The molecule has 0 aliphatic carbocycles. The van der Waals surface area contributed by atoms with Crippen LogP contribution >= 0.6 is 0 Å². The van der Waals surface area contributed by atoms with E-state index < -0.39 is 0 Å². The number of furan rings is 1. The van der Waals surface area contributed by atoms with Crippen molar-refractivity contribution in [2.24, 2.45) is 0 Å². The number of aromatic amines is 1. The molecule has 7 nitrogen and oxygen atoms in total. The number of likely N-dealkylation sites (tertiary alicyclic amines) is 1. The van der Waals surface area contributed by atoms with Crippen LogP contribution in [0.3, 0.4) is 0 Å². The van der Waals surface area contributed by atoms with E-state index in [1.54, 1.807) is 34.7 Å². The van der Waals surface area contributed by atoms with Crippen molar-refractivity contribution in [3.63, 3.8) is 0 Å². The summed E-state index contributed by atoms with van der Waals surface area (Å²) in [5.74, 6) is 0.559. The van der Waals surface area contributed by atoms with Gasteiger partial charge in [-0.25, -0.2) is 9.78 Å². The molecule has 1 saturated heterocycles. The number of imidazole rings is 1. The summed E-state index contributed by atoms with van der Waals surface area (Å²) in [6, 6.07) is 5.23. The normalized spacial score (nSPS) is 18.0. The van der Waals surface area contributed by atoms with Gasteiger partial charge in [0.05, 0.1) is 23.4 Å². The Bertz CT molecular complexity index is 936. The molecule has 0 aromatic carbocycles. The highest BCUT2D eigenvalue weighted by atomic mass is 16.3. The zero-order valence-corrected chi connectivity index (χ0v) is 12.7. The molecular formula is C16H16N4O3. The Kier molecular flexibility index (Phi) is 3.07. The smallest absolute Gasteiger partial charge is 0.327 e. The van der Waals surface area contributed by atoms with Gasteiger partial charge >= 0.3 is 5.69 Å². The molecule has 0 unspecified atom stereocenters. The SMILES string of the molecule is Cc1occc1C(=O)N1CC[C@@H](n2c(=O)[nH]c3cccnc32)C1. The van der Waals surface area contributed by atoms with E-state index in [2.05, 4.69) is 9.97 Å². The van der Waals surface area contributed by atoms with Gasteiger partial charge in [-0.2, -0.15) is 0 Å². The lowest BCUT2D eigenvalue weighted by molar-refractivity contribution is 0.0786. The summed E-state index contributed by atoms with van der Waals surface area (Å²) >= 11 is 0. The molecule has 0 spiro atoms. The summed E-state index contributed by atoms with van der Waals surface area (Å²) in [6.45, 7) is 2.88. The highest BCUT2D eigenvalue weighted by molar-refractivity contribution is 5.95. The van der Waals surface area contributed by atoms with E-state index in [0.717, 1.165) is 6.42 Å². The van der Waals surface area contributed by atoms with Gasteiger partial charge in [-0.05, 0) is 31.5 Å². The lowest BCUT2D eigenvalue weighted by Crippen LogP contribution is -2.31. The van der Waals surface area contributed by atoms with Crippen molar-refractivity contribution in [1.82, 2.24) is 19.4 Å². The molecule has 1 N–H and O–H groups in total. The van der Waals surface area contributed by atoms with Crippen molar-refractivity contribution in [3.05, 3.63) is 52.5 Å². The molecule has 4 heterocycles. The second-order valence-corrected chi connectivity index (χ2v) is 5.76. The number of fused-ring (bicyclic) bond motifs is 1. The monoisotopic (exact) mass is 312 g/mol. The van der Waals surface area contributed by atoms with Gasteiger partial charge in [0, 0.05) is 19.3 Å². The first-order chi connectivity index (χ1) is 11.1. The van der Waals surface area contributed by atoms with E-state index in [1.807, 2.05) is 6.07 Å². The minimum Gasteiger partial charge on any atom is -0.469 e. The molecule has 1 atom stereocenters. The quantitative estimate of drug-likeness (QED) is 0.781. The maximum Gasteiger partial charge on any atom is 0.327 e. The predicted molar refractivity (Wildman–Crippen MR) is 83.4 cm³/mol. The lowest BCUT2D eigenvalue weighted by Gasteiger charge is -2.16. The fourth-order valence-electron chi connectivity index (χ4n) is 3.21. The maximum absolute atomic E-state index is 12.5. The van der Waals surface area contributed by atoms with E-state index in [-0.39, 0.29) is 17.6 Å². The molecule has 3 aromatic heterocycles. The third-order valence-corrected chi connectivity index (χ3v) is 4.38. The number of carbonyl (C=O) groups is 1. The first kappa shape index (κ1) is 13.8. The van der Waals surface area contributed by atoms with Crippen LogP contribution in [0.25, 0.3) is 11.2 Å². The maximum atomic E-state index is 12.5. The van der Waals surface area contributed by atoms with Crippen LogP contribution in [0.5, 0.6) is 0 Å². The average Bonchev–Trinajstić information content (AvgIpc) is 3.23. The Morgan fingerprint density at radius 1 is 1.43 bits per heavy atom. The van der Waals surface area contributed by atoms with Gasteiger partial charge in [0.1, 0.15) is 5.76 Å². The molecule has 1 amide bonds. The van der Waals surface area contributed by atoms with Crippen molar-refractivity contribution in [3.8, 4) is 0 Å². The first-order valence-electron chi connectivity index (χ1n) is 7.54. The van der Waals surface area contributed by atoms with Crippen LogP contribution in [0.2, 0.25) is 0 Å². The molecule has 0 bridgehead atoms. The Hall–Kier alpha value is -2.83. The van der Waals surface area contributed by atoms with Gasteiger partial charge in [-0.1, -0.05) is 0 Å². The molecule has 3 aromatic rings. The Morgan fingerprint density at radius 3 is 3.09 bits per heavy atom. The van der Waals surface area contributed by atoms with Crippen molar-refractivity contribution in [2.45, 2.75) is 19.4 Å². The van der Waals surface area contributed by atoms with Gasteiger partial charge in [-0.3, -0.25) is 9.36 Å². The minimum atomic E-state index is -0.183. The number of pyridine rings is 1. The molecular weight excluding hydrogens is 296 g/mol. The van der Waals surface area contributed by atoms with Crippen LogP contribution < -0.4 is 5.69 Å². The number of aryl methyl sites for hydroxylation is 1. The van der Waals surface area contributed by atoms with Gasteiger partial charge in [0.15, 0.2) is 5.65 Å². The van der Waals surface area contributed by atoms with E-state index in [0.29, 0.717) is 35.6 Å². The fourth-order valence-corrected chi connectivity index (χ4v) is 3.21. The highest BCUT2D eigenvalue weighted by Gasteiger charge is 2.31. The summed E-state index contributed by atoms with van der Waals surface area (Å²) in [5, 5.41) is 0. The third-order valence-electron chi connectivity index (χ3n) is 4.38. The lowest BCUT2D eigenvalue weighted by atomic mass is 10.2. The Balaban J connectivity index is 1.63. The van der Waals surface area contributed by atoms with Crippen LogP contribution in [0, 0.1) is 6.92 Å². The van der Waals surface area contributed by atoms with Crippen molar-refractivity contribution in [1.29, 1.82) is 0 Å². The standard InChI is InChI=1S/C16H16N4O3/c1-10-12(5-8-23-10)15(21)19-7-4-11(9-19)20-14-13(18-16(20)22)3-2-6-17-14/h2-3,5-6,8,11H,4,7,9H2,1H3,(H,18,22)/t11-/m1/s1. The van der Waals surface area contributed by atoms with Crippen molar-refractivity contribution >= 4 is 17.1 Å². The summed E-state index contributed by atoms with van der Waals surface area (Å²) in [5.41, 5.74) is 1.75.